The van der Waals surface area contributed by atoms with E-state index in [1.54, 1.807) is 0 Å². The third-order valence-electron chi connectivity index (χ3n) is 3.71. The third kappa shape index (κ3) is 8.37. The first kappa shape index (κ1) is 20.0. The van der Waals surface area contributed by atoms with Crippen molar-refractivity contribution in [3.05, 3.63) is 48.0 Å². The van der Waals surface area contributed by atoms with E-state index in [2.05, 4.69) is 52.0 Å². The molecule has 0 amide bonds. The minimum absolute atomic E-state index is 0. The highest BCUT2D eigenvalue weighted by Gasteiger charge is 2.10. The van der Waals surface area contributed by atoms with Crippen molar-refractivity contribution in [3.63, 3.8) is 0 Å². The summed E-state index contributed by atoms with van der Waals surface area (Å²) in [6.07, 6.45) is 8.56. The van der Waals surface area contributed by atoms with E-state index in [-0.39, 0.29) is 24.0 Å². The van der Waals surface area contributed by atoms with Gasteiger partial charge in [-0.25, -0.2) is 0 Å². The maximum Gasteiger partial charge on any atom is 0.191 e. The predicted octanol–water partition coefficient (Wildman–Crippen LogP) is 3.14. The molecule has 0 fully saturated rings. The molecule has 128 valence electrons. The molecular weight excluding hydrogens is 401 g/mol. The molecule has 0 aromatic heterocycles. The van der Waals surface area contributed by atoms with Crippen molar-refractivity contribution in [2.24, 2.45) is 4.99 Å². The first-order valence-electron chi connectivity index (χ1n) is 8.12. The molecule has 0 spiro atoms. The van der Waals surface area contributed by atoms with Crippen molar-refractivity contribution < 1.29 is 4.74 Å². The average molecular weight is 429 g/mol. The Morgan fingerprint density at radius 3 is 2.61 bits per heavy atom. The van der Waals surface area contributed by atoms with Crippen LogP contribution in [0.2, 0.25) is 0 Å². The maximum atomic E-state index is 5.68. The molecular formula is C18H28IN3O. The Morgan fingerprint density at radius 2 is 1.91 bits per heavy atom. The smallest absolute Gasteiger partial charge is 0.191 e. The standard InChI is InChI=1S/C18H27N3O.HI/c1-19-18(21-17-10-5-6-11-17)20-13-7-14-22-15-12-16-8-3-2-4-9-16;/h2-6,8-9,17H,7,10-15H2,1H3,(H2,19,20,21);1H. The fourth-order valence-corrected chi connectivity index (χ4v) is 2.44. The number of aliphatic imine (C=N–C) groups is 1. The number of benzene rings is 1. The van der Waals surface area contributed by atoms with Crippen molar-refractivity contribution in [1.82, 2.24) is 10.6 Å². The van der Waals surface area contributed by atoms with Crippen LogP contribution in [0.15, 0.2) is 47.5 Å². The zero-order chi connectivity index (χ0) is 15.5. The SMILES string of the molecule is CN=C(NCCCOCCc1ccccc1)NC1CC=CC1.I. The highest BCUT2D eigenvalue weighted by Crippen LogP contribution is 2.08. The third-order valence-corrected chi connectivity index (χ3v) is 3.71. The Balaban J connectivity index is 0.00000264. The van der Waals surface area contributed by atoms with Crippen LogP contribution >= 0.6 is 24.0 Å². The van der Waals surface area contributed by atoms with Gasteiger partial charge in [0.05, 0.1) is 6.61 Å². The highest BCUT2D eigenvalue weighted by molar-refractivity contribution is 14.0. The lowest BCUT2D eigenvalue weighted by molar-refractivity contribution is 0.135. The Bertz CT molecular complexity index is 468. The van der Waals surface area contributed by atoms with Crippen molar-refractivity contribution in [3.8, 4) is 0 Å². The van der Waals surface area contributed by atoms with Crippen molar-refractivity contribution in [2.45, 2.75) is 31.7 Å². The van der Waals surface area contributed by atoms with Gasteiger partial charge in [-0.1, -0.05) is 42.5 Å². The van der Waals surface area contributed by atoms with Crippen molar-refractivity contribution in [2.75, 3.05) is 26.8 Å². The molecule has 0 radical (unpaired) electrons. The number of nitrogens with one attached hydrogen (secondary N) is 2. The molecule has 0 bridgehead atoms. The van der Waals surface area contributed by atoms with Gasteiger partial charge < -0.3 is 15.4 Å². The Kier molecular flexibility index (Phi) is 10.7. The van der Waals surface area contributed by atoms with Gasteiger partial charge in [-0.15, -0.1) is 24.0 Å². The van der Waals surface area contributed by atoms with Gasteiger partial charge in [0.2, 0.25) is 0 Å². The molecule has 0 heterocycles. The molecule has 0 saturated carbocycles. The fourth-order valence-electron chi connectivity index (χ4n) is 2.44. The van der Waals surface area contributed by atoms with E-state index < -0.39 is 0 Å². The van der Waals surface area contributed by atoms with E-state index in [1.165, 1.54) is 5.56 Å². The summed E-state index contributed by atoms with van der Waals surface area (Å²) in [5, 5.41) is 6.76. The van der Waals surface area contributed by atoms with Gasteiger partial charge in [0, 0.05) is 26.2 Å². The summed E-state index contributed by atoms with van der Waals surface area (Å²) in [6.45, 7) is 2.44. The van der Waals surface area contributed by atoms with Crippen molar-refractivity contribution in [1.29, 1.82) is 0 Å². The van der Waals surface area contributed by atoms with Gasteiger partial charge >= 0.3 is 0 Å². The van der Waals surface area contributed by atoms with E-state index in [4.69, 9.17) is 4.74 Å². The van der Waals surface area contributed by atoms with Gasteiger partial charge in [0.25, 0.3) is 0 Å². The summed E-state index contributed by atoms with van der Waals surface area (Å²) < 4.78 is 5.68. The summed E-state index contributed by atoms with van der Waals surface area (Å²) in [5.41, 5.74) is 1.33. The number of hydrogen-bond donors (Lipinski definition) is 2. The molecule has 0 atom stereocenters. The summed E-state index contributed by atoms with van der Waals surface area (Å²) in [5.74, 6) is 0.887. The van der Waals surface area contributed by atoms with Gasteiger partial charge in [-0.05, 0) is 31.2 Å². The number of nitrogens with zero attached hydrogens (tertiary/aromatic N) is 1. The van der Waals surface area contributed by atoms with E-state index in [9.17, 15) is 0 Å². The molecule has 5 heteroatoms. The van der Waals surface area contributed by atoms with Crippen LogP contribution in [-0.2, 0) is 11.2 Å². The normalized spacial score (nSPS) is 14.6. The molecule has 2 N–H and O–H groups in total. The minimum Gasteiger partial charge on any atom is -0.381 e. The summed E-state index contributed by atoms with van der Waals surface area (Å²) in [6, 6.07) is 10.9. The molecule has 4 nitrogen and oxygen atoms in total. The lowest BCUT2D eigenvalue weighted by atomic mass is 10.2. The molecule has 2 rings (SSSR count). The van der Waals surface area contributed by atoms with Crippen LogP contribution in [0.5, 0.6) is 0 Å². The monoisotopic (exact) mass is 429 g/mol. The van der Waals surface area contributed by atoms with E-state index in [0.717, 1.165) is 51.4 Å². The van der Waals surface area contributed by atoms with Crippen LogP contribution < -0.4 is 10.6 Å². The molecule has 1 aromatic rings. The Morgan fingerprint density at radius 1 is 1.17 bits per heavy atom. The fraction of sp³-hybridized carbons (Fsp3) is 0.500. The maximum absolute atomic E-state index is 5.68. The summed E-state index contributed by atoms with van der Waals surface area (Å²) >= 11 is 0. The molecule has 1 aliphatic carbocycles. The first-order valence-corrected chi connectivity index (χ1v) is 8.12. The quantitative estimate of drug-likeness (QED) is 0.220. The van der Waals surface area contributed by atoms with Gasteiger partial charge in [0.1, 0.15) is 0 Å². The second kappa shape index (κ2) is 12.4. The van der Waals surface area contributed by atoms with Crippen molar-refractivity contribution >= 4 is 29.9 Å². The second-order valence-corrected chi connectivity index (χ2v) is 5.48. The van der Waals surface area contributed by atoms with Gasteiger partial charge in [0.15, 0.2) is 5.96 Å². The lowest BCUT2D eigenvalue weighted by Gasteiger charge is -2.16. The van der Waals surface area contributed by atoms with Crippen LogP contribution in [0.1, 0.15) is 24.8 Å². The van der Waals surface area contributed by atoms with E-state index in [1.807, 2.05) is 13.1 Å². The first-order chi connectivity index (χ1) is 10.9. The molecule has 1 aromatic carbocycles. The lowest BCUT2D eigenvalue weighted by Crippen LogP contribution is -2.42. The predicted molar refractivity (Wildman–Crippen MR) is 108 cm³/mol. The molecule has 23 heavy (non-hydrogen) atoms. The number of guanidine groups is 1. The largest absolute Gasteiger partial charge is 0.381 e. The average Bonchev–Trinajstić information content (AvgIpc) is 3.07. The second-order valence-electron chi connectivity index (χ2n) is 5.48. The number of rotatable bonds is 8. The van der Waals surface area contributed by atoms with E-state index >= 15 is 0 Å². The van der Waals surface area contributed by atoms with Crippen LogP contribution in [0.4, 0.5) is 0 Å². The van der Waals surface area contributed by atoms with E-state index in [0.29, 0.717) is 6.04 Å². The minimum atomic E-state index is 0. The molecule has 0 aliphatic heterocycles. The Labute approximate surface area is 156 Å². The van der Waals surface area contributed by atoms with Gasteiger partial charge in [-0.2, -0.15) is 0 Å². The Hall–Kier alpha value is -1.08. The zero-order valence-corrected chi connectivity index (χ0v) is 16.2. The number of ether oxygens (including phenoxy) is 1. The van der Waals surface area contributed by atoms with Crippen LogP contribution in [-0.4, -0.2) is 38.8 Å². The highest BCUT2D eigenvalue weighted by atomic mass is 127. The summed E-state index contributed by atoms with van der Waals surface area (Å²) in [7, 11) is 1.81. The van der Waals surface area contributed by atoms with Crippen LogP contribution in [0.25, 0.3) is 0 Å². The number of hydrogen-bond acceptors (Lipinski definition) is 2. The summed E-state index contributed by atoms with van der Waals surface area (Å²) in [4.78, 5) is 4.25. The topological polar surface area (TPSA) is 45.7 Å². The van der Waals surface area contributed by atoms with Crippen LogP contribution in [0, 0.1) is 0 Å². The molecule has 1 aliphatic rings. The number of halogens is 1. The van der Waals surface area contributed by atoms with Gasteiger partial charge in [-0.3, -0.25) is 4.99 Å². The van der Waals surface area contributed by atoms with Crippen LogP contribution in [0.3, 0.4) is 0 Å². The zero-order valence-electron chi connectivity index (χ0n) is 13.8. The molecule has 0 unspecified atom stereocenters. The molecule has 0 saturated heterocycles.